The van der Waals surface area contributed by atoms with E-state index in [0.29, 0.717) is 4.47 Å². The molecule has 1 rings (SSSR count). The van der Waals surface area contributed by atoms with Gasteiger partial charge in [0.15, 0.2) is 5.60 Å². The number of carbonyl (C=O) groups is 1. The molecule has 1 aromatic carbocycles. The van der Waals surface area contributed by atoms with Gasteiger partial charge in [-0.15, -0.1) is 0 Å². The summed E-state index contributed by atoms with van der Waals surface area (Å²) >= 11 is 3.11. The molecule has 1 aromatic rings. The molecule has 0 radical (unpaired) electrons. The van der Waals surface area contributed by atoms with Gasteiger partial charge >= 0.3 is 0 Å². The van der Waals surface area contributed by atoms with Crippen LogP contribution in [0.5, 0.6) is 0 Å². The fourth-order valence-electron chi connectivity index (χ4n) is 1.00. The second kappa shape index (κ2) is 3.67. The molecule has 1 atom stereocenters. The number of hydrogen-bond donors (Lipinski definition) is 2. The molecule has 76 valence electrons. The standard InChI is InChI=1S/C9H9BrFNO2/c1-9(14,8(12)13)6-4-5(10)2-3-7(6)11/h2-4,14H,1H3,(H2,12,13). The molecular formula is C9H9BrFNO2. The number of hydrogen-bond acceptors (Lipinski definition) is 2. The molecule has 0 aliphatic rings. The number of amides is 1. The maximum Gasteiger partial charge on any atom is 0.253 e. The van der Waals surface area contributed by atoms with Crippen LogP contribution in [-0.2, 0) is 10.4 Å². The van der Waals surface area contributed by atoms with Gasteiger partial charge in [-0.25, -0.2) is 4.39 Å². The van der Waals surface area contributed by atoms with Crippen LogP contribution < -0.4 is 5.73 Å². The van der Waals surface area contributed by atoms with Gasteiger partial charge in [-0.1, -0.05) is 15.9 Å². The third-order valence-electron chi connectivity index (χ3n) is 1.93. The van der Waals surface area contributed by atoms with E-state index in [-0.39, 0.29) is 5.56 Å². The molecule has 1 unspecified atom stereocenters. The summed E-state index contributed by atoms with van der Waals surface area (Å²) in [5.41, 5.74) is 2.82. The van der Waals surface area contributed by atoms with E-state index < -0.39 is 17.3 Å². The normalized spacial score (nSPS) is 14.9. The number of benzene rings is 1. The number of carbonyl (C=O) groups excluding carboxylic acids is 1. The van der Waals surface area contributed by atoms with Crippen LogP contribution in [0.15, 0.2) is 22.7 Å². The van der Waals surface area contributed by atoms with Gasteiger partial charge < -0.3 is 10.8 Å². The van der Waals surface area contributed by atoms with Crippen LogP contribution in [0.3, 0.4) is 0 Å². The first kappa shape index (κ1) is 11.1. The summed E-state index contributed by atoms with van der Waals surface area (Å²) in [6.45, 7) is 1.15. The van der Waals surface area contributed by atoms with Crippen LogP contribution in [0.1, 0.15) is 12.5 Å². The van der Waals surface area contributed by atoms with E-state index >= 15 is 0 Å². The molecule has 5 heteroatoms. The van der Waals surface area contributed by atoms with Crippen molar-refractivity contribution in [3.63, 3.8) is 0 Å². The first-order valence-corrected chi connectivity index (χ1v) is 4.63. The summed E-state index contributed by atoms with van der Waals surface area (Å²) in [5, 5.41) is 9.63. The van der Waals surface area contributed by atoms with Gasteiger partial charge in [0, 0.05) is 10.0 Å². The summed E-state index contributed by atoms with van der Waals surface area (Å²) in [6.07, 6.45) is 0. The zero-order valence-corrected chi connectivity index (χ0v) is 9.01. The van der Waals surface area contributed by atoms with E-state index in [9.17, 15) is 14.3 Å². The molecule has 0 aliphatic heterocycles. The Hall–Kier alpha value is -0.940. The van der Waals surface area contributed by atoms with Crippen molar-refractivity contribution < 1.29 is 14.3 Å². The van der Waals surface area contributed by atoms with Gasteiger partial charge in [0.05, 0.1) is 0 Å². The lowest BCUT2D eigenvalue weighted by molar-refractivity contribution is -0.135. The van der Waals surface area contributed by atoms with Crippen molar-refractivity contribution in [1.29, 1.82) is 0 Å². The first-order chi connectivity index (χ1) is 6.35. The van der Waals surface area contributed by atoms with Crippen LogP contribution in [0, 0.1) is 5.82 Å². The van der Waals surface area contributed by atoms with E-state index in [0.717, 1.165) is 13.0 Å². The average Bonchev–Trinajstić information content (AvgIpc) is 2.08. The molecular weight excluding hydrogens is 253 g/mol. The Kier molecular flexibility index (Phi) is 2.92. The largest absolute Gasteiger partial charge is 0.375 e. The number of halogens is 2. The second-order valence-electron chi connectivity index (χ2n) is 3.06. The maximum atomic E-state index is 13.2. The Morgan fingerprint density at radius 3 is 2.71 bits per heavy atom. The topological polar surface area (TPSA) is 63.3 Å². The van der Waals surface area contributed by atoms with Gasteiger partial charge in [0.2, 0.25) is 0 Å². The molecule has 0 heterocycles. The number of rotatable bonds is 2. The van der Waals surface area contributed by atoms with Gasteiger partial charge in [0.25, 0.3) is 5.91 Å². The minimum absolute atomic E-state index is 0.139. The fraction of sp³-hybridized carbons (Fsp3) is 0.222. The van der Waals surface area contributed by atoms with Crippen molar-refractivity contribution in [2.24, 2.45) is 5.73 Å². The summed E-state index contributed by atoms with van der Waals surface area (Å²) in [6, 6.07) is 3.94. The van der Waals surface area contributed by atoms with Crippen LogP contribution in [0.2, 0.25) is 0 Å². The summed E-state index contributed by atoms with van der Waals surface area (Å²) in [7, 11) is 0. The predicted octanol–water partition coefficient (Wildman–Crippen LogP) is 1.28. The average molecular weight is 262 g/mol. The van der Waals surface area contributed by atoms with Crippen LogP contribution >= 0.6 is 15.9 Å². The van der Waals surface area contributed by atoms with Crippen molar-refractivity contribution in [2.75, 3.05) is 0 Å². The van der Waals surface area contributed by atoms with E-state index in [2.05, 4.69) is 15.9 Å². The zero-order chi connectivity index (χ0) is 10.9. The molecule has 0 saturated heterocycles. The molecule has 0 aliphatic carbocycles. The van der Waals surface area contributed by atoms with E-state index in [1.807, 2.05) is 0 Å². The third-order valence-corrected chi connectivity index (χ3v) is 2.43. The molecule has 0 bridgehead atoms. The molecule has 3 N–H and O–H groups in total. The summed E-state index contributed by atoms with van der Waals surface area (Å²) in [5.74, 6) is -1.66. The Balaban J connectivity index is 3.31. The zero-order valence-electron chi connectivity index (χ0n) is 7.42. The van der Waals surface area contributed by atoms with Crippen molar-refractivity contribution in [1.82, 2.24) is 0 Å². The van der Waals surface area contributed by atoms with Crippen LogP contribution in [0.4, 0.5) is 4.39 Å². The Morgan fingerprint density at radius 2 is 2.21 bits per heavy atom. The lowest BCUT2D eigenvalue weighted by Gasteiger charge is -2.20. The monoisotopic (exact) mass is 261 g/mol. The molecule has 3 nitrogen and oxygen atoms in total. The highest BCUT2D eigenvalue weighted by Gasteiger charge is 2.32. The van der Waals surface area contributed by atoms with E-state index in [4.69, 9.17) is 5.73 Å². The van der Waals surface area contributed by atoms with Crippen molar-refractivity contribution in [3.8, 4) is 0 Å². The SMILES string of the molecule is CC(O)(C(N)=O)c1cc(Br)ccc1F. The maximum absolute atomic E-state index is 13.2. The molecule has 0 spiro atoms. The fourth-order valence-corrected chi connectivity index (χ4v) is 1.36. The van der Waals surface area contributed by atoms with Crippen molar-refractivity contribution in [3.05, 3.63) is 34.1 Å². The van der Waals surface area contributed by atoms with Crippen molar-refractivity contribution >= 4 is 21.8 Å². The number of primary amides is 1. The van der Waals surface area contributed by atoms with Crippen LogP contribution in [0.25, 0.3) is 0 Å². The second-order valence-corrected chi connectivity index (χ2v) is 3.98. The van der Waals surface area contributed by atoms with Gasteiger partial charge in [-0.05, 0) is 25.1 Å². The highest BCUT2D eigenvalue weighted by Crippen LogP contribution is 2.26. The quantitative estimate of drug-likeness (QED) is 0.843. The lowest BCUT2D eigenvalue weighted by Crippen LogP contribution is -2.38. The Bertz CT molecular complexity index is 379. The van der Waals surface area contributed by atoms with Gasteiger partial charge in [0.1, 0.15) is 5.82 Å². The van der Waals surface area contributed by atoms with E-state index in [1.54, 1.807) is 0 Å². The van der Waals surface area contributed by atoms with E-state index in [1.165, 1.54) is 12.1 Å². The Morgan fingerprint density at radius 1 is 1.64 bits per heavy atom. The van der Waals surface area contributed by atoms with Crippen molar-refractivity contribution in [2.45, 2.75) is 12.5 Å². The number of aliphatic hydroxyl groups is 1. The minimum atomic E-state index is -1.99. The smallest absolute Gasteiger partial charge is 0.253 e. The lowest BCUT2D eigenvalue weighted by atomic mass is 9.95. The number of nitrogens with two attached hydrogens (primary N) is 1. The first-order valence-electron chi connectivity index (χ1n) is 3.83. The molecule has 0 aromatic heterocycles. The highest BCUT2D eigenvalue weighted by molar-refractivity contribution is 9.10. The van der Waals surface area contributed by atoms with Gasteiger partial charge in [-0.3, -0.25) is 4.79 Å². The Labute approximate surface area is 88.9 Å². The molecule has 1 amide bonds. The molecule has 14 heavy (non-hydrogen) atoms. The molecule has 0 saturated carbocycles. The highest BCUT2D eigenvalue weighted by atomic mass is 79.9. The van der Waals surface area contributed by atoms with Crippen LogP contribution in [-0.4, -0.2) is 11.0 Å². The summed E-state index contributed by atoms with van der Waals surface area (Å²) in [4.78, 5) is 10.9. The molecule has 0 fully saturated rings. The third kappa shape index (κ3) is 1.93. The minimum Gasteiger partial charge on any atom is -0.375 e. The predicted molar refractivity (Wildman–Crippen MR) is 52.9 cm³/mol. The summed E-state index contributed by atoms with van der Waals surface area (Å²) < 4.78 is 13.8. The van der Waals surface area contributed by atoms with Gasteiger partial charge in [-0.2, -0.15) is 0 Å².